The van der Waals surface area contributed by atoms with Gasteiger partial charge in [0.15, 0.2) is 0 Å². The highest BCUT2D eigenvalue weighted by molar-refractivity contribution is 5.13. The Morgan fingerprint density at radius 1 is 1.00 bits per heavy atom. The SMILES string of the molecule is CCCCCCCCCCc1[nH]ncc1C. The lowest BCUT2D eigenvalue weighted by atomic mass is 10.1. The Morgan fingerprint density at radius 3 is 2.19 bits per heavy atom. The Bertz CT molecular complexity index is 265. The van der Waals surface area contributed by atoms with E-state index in [1.54, 1.807) is 0 Å². The second-order valence-electron chi connectivity index (χ2n) is 4.76. The second-order valence-corrected chi connectivity index (χ2v) is 4.76. The van der Waals surface area contributed by atoms with Crippen molar-refractivity contribution in [2.24, 2.45) is 0 Å². The molecule has 1 aromatic rings. The first-order valence-electron chi connectivity index (χ1n) is 6.83. The molecule has 2 heteroatoms. The molecular weight excluding hydrogens is 196 g/mol. The largest absolute Gasteiger partial charge is 0.282 e. The van der Waals surface area contributed by atoms with Crippen molar-refractivity contribution in [1.82, 2.24) is 10.2 Å². The number of aromatic nitrogens is 2. The zero-order chi connectivity index (χ0) is 11.6. The summed E-state index contributed by atoms with van der Waals surface area (Å²) in [6, 6.07) is 0. The number of nitrogens with one attached hydrogen (secondary N) is 1. The van der Waals surface area contributed by atoms with Crippen LogP contribution in [0.1, 0.15) is 69.5 Å². The molecule has 2 nitrogen and oxygen atoms in total. The topological polar surface area (TPSA) is 28.7 Å². The maximum atomic E-state index is 4.05. The first-order valence-corrected chi connectivity index (χ1v) is 6.83. The van der Waals surface area contributed by atoms with Crippen LogP contribution < -0.4 is 0 Å². The number of H-pyrrole nitrogens is 1. The van der Waals surface area contributed by atoms with E-state index >= 15 is 0 Å². The molecule has 0 aliphatic rings. The Labute approximate surface area is 99.8 Å². The molecule has 0 spiro atoms. The summed E-state index contributed by atoms with van der Waals surface area (Å²) in [4.78, 5) is 0. The average Bonchev–Trinajstić information content (AvgIpc) is 2.68. The van der Waals surface area contributed by atoms with E-state index in [4.69, 9.17) is 0 Å². The maximum Gasteiger partial charge on any atom is 0.0519 e. The lowest BCUT2D eigenvalue weighted by molar-refractivity contribution is 0.573. The van der Waals surface area contributed by atoms with Crippen molar-refractivity contribution in [2.75, 3.05) is 0 Å². The third-order valence-electron chi connectivity index (χ3n) is 3.21. The van der Waals surface area contributed by atoms with Gasteiger partial charge in [-0.15, -0.1) is 0 Å². The van der Waals surface area contributed by atoms with Gasteiger partial charge in [-0.2, -0.15) is 5.10 Å². The fourth-order valence-electron chi connectivity index (χ4n) is 2.06. The number of hydrogen-bond donors (Lipinski definition) is 1. The summed E-state index contributed by atoms with van der Waals surface area (Å²) in [5.74, 6) is 0. The summed E-state index contributed by atoms with van der Waals surface area (Å²) in [6.07, 6.45) is 14.2. The van der Waals surface area contributed by atoms with Gasteiger partial charge in [-0.25, -0.2) is 0 Å². The van der Waals surface area contributed by atoms with Gasteiger partial charge in [0.1, 0.15) is 0 Å². The van der Waals surface area contributed by atoms with Crippen molar-refractivity contribution in [1.29, 1.82) is 0 Å². The molecule has 0 radical (unpaired) electrons. The molecular formula is C14H26N2. The summed E-state index contributed by atoms with van der Waals surface area (Å²) in [5, 5.41) is 7.12. The van der Waals surface area contributed by atoms with Crippen molar-refractivity contribution in [3.8, 4) is 0 Å². The molecule has 0 saturated carbocycles. The Kier molecular flexibility index (Phi) is 6.95. The van der Waals surface area contributed by atoms with E-state index < -0.39 is 0 Å². The lowest BCUT2D eigenvalue weighted by Crippen LogP contribution is -1.89. The number of aromatic amines is 1. The molecule has 0 fully saturated rings. The van der Waals surface area contributed by atoms with Crippen LogP contribution in [-0.2, 0) is 6.42 Å². The number of hydrogen-bond acceptors (Lipinski definition) is 1. The molecule has 0 amide bonds. The molecule has 0 aliphatic carbocycles. The van der Waals surface area contributed by atoms with Crippen molar-refractivity contribution in [3.05, 3.63) is 17.5 Å². The van der Waals surface area contributed by atoms with Gasteiger partial charge in [0, 0.05) is 5.69 Å². The van der Waals surface area contributed by atoms with Crippen LogP contribution >= 0.6 is 0 Å². The van der Waals surface area contributed by atoms with Crippen molar-refractivity contribution >= 4 is 0 Å². The van der Waals surface area contributed by atoms with Gasteiger partial charge < -0.3 is 0 Å². The number of unbranched alkanes of at least 4 members (excludes halogenated alkanes) is 7. The standard InChI is InChI=1S/C14H26N2/c1-3-4-5-6-7-8-9-10-11-14-13(2)12-15-16-14/h12H,3-11H2,1-2H3,(H,15,16). The highest BCUT2D eigenvalue weighted by Gasteiger charge is 1.99. The quantitative estimate of drug-likeness (QED) is 0.616. The average molecular weight is 222 g/mol. The van der Waals surface area contributed by atoms with Crippen molar-refractivity contribution in [3.63, 3.8) is 0 Å². The number of rotatable bonds is 9. The minimum absolute atomic E-state index is 1.17. The Balaban J connectivity index is 1.91. The first kappa shape index (κ1) is 13.3. The molecule has 16 heavy (non-hydrogen) atoms. The van der Waals surface area contributed by atoms with Crippen molar-refractivity contribution < 1.29 is 0 Å². The van der Waals surface area contributed by atoms with Gasteiger partial charge in [-0.3, -0.25) is 5.10 Å². The zero-order valence-electron chi connectivity index (χ0n) is 10.9. The molecule has 1 aromatic heterocycles. The first-order chi connectivity index (χ1) is 7.84. The van der Waals surface area contributed by atoms with Gasteiger partial charge in [0.05, 0.1) is 6.20 Å². The third kappa shape index (κ3) is 5.34. The minimum atomic E-state index is 1.17. The fraction of sp³-hybridized carbons (Fsp3) is 0.786. The Morgan fingerprint density at radius 2 is 1.62 bits per heavy atom. The van der Waals surface area contributed by atoms with Gasteiger partial charge in [-0.05, 0) is 25.3 Å². The van der Waals surface area contributed by atoms with E-state index in [-0.39, 0.29) is 0 Å². The van der Waals surface area contributed by atoms with Gasteiger partial charge in [0.2, 0.25) is 0 Å². The maximum absolute atomic E-state index is 4.05. The van der Waals surface area contributed by atoms with Crippen LogP contribution in [0.2, 0.25) is 0 Å². The molecule has 1 heterocycles. The third-order valence-corrected chi connectivity index (χ3v) is 3.21. The summed E-state index contributed by atoms with van der Waals surface area (Å²) in [6.45, 7) is 4.40. The monoisotopic (exact) mass is 222 g/mol. The molecule has 1 N–H and O–H groups in total. The van der Waals surface area contributed by atoms with Crippen LogP contribution in [0.5, 0.6) is 0 Å². The minimum Gasteiger partial charge on any atom is -0.282 e. The van der Waals surface area contributed by atoms with Gasteiger partial charge >= 0.3 is 0 Å². The molecule has 0 saturated heterocycles. The molecule has 1 rings (SSSR count). The zero-order valence-corrected chi connectivity index (χ0v) is 10.9. The molecule has 0 aromatic carbocycles. The molecule has 0 bridgehead atoms. The predicted molar refractivity (Wildman–Crippen MR) is 69.6 cm³/mol. The molecule has 0 atom stereocenters. The summed E-state index contributed by atoms with van der Waals surface area (Å²) in [5.41, 5.74) is 2.63. The highest BCUT2D eigenvalue weighted by atomic mass is 15.1. The fourth-order valence-corrected chi connectivity index (χ4v) is 2.06. The van der Waals surface area contributed by atoms with Crippen LogP contribution in [0.25, 0.3) is 0 Å². The molecule has 92 valence electrons. The van der Waals surface area contributed by atoms with Crippen LogP contribution in [0.15, 0.2) is 6.20 Å². The van der Waals surface area contributed by atoms with Crippen molar-refractivity contribution in [2.45, 2.75) is 71.6 Å². The smallest absolute Gasteiger partial charge is 0.0519 e. The van der Waals surface area contributed by atoms with Crippen LogP contribution in [0.4, 0.5) is 0 Å². The van der Waals surface area contributed by atoms with Crippen LogP contribution in [0, 0.1) is 6.92 Å². The van der Waals surface area contributed by atoms with Gasteiger partial charge in [-0.1, -0.05) is 51.9 Å². The lowest BCUT2D eigenvalue weighted by Gasteiger charge is -2.01. The summed E-state index contributed by atoms with van der Waals surface area (Å²) in [7, 11) is 0. The van der Waals surface area contributed by atoms with E-state index in [1.165, 1.54) is 69.0 Å². The van der Waals surface area contributed by atoms with Crippen LogP contribution in [-0.4, -0.2) is 10.2 Å². The normalized spacial score (nSPS) is 10.9. The Hall–Kier alpha value is -0.790. The second kappa shape index (κ2) is 8.37. The van der Waals surface area contributed by atoms with Gasteiger partial charge in [0.25, 0.3) is 0 Å². The van der Waals surface area contributed by atoms with E-state index in [9.17, 15) is 0 Å². The summed E-state index contributed by atoms with van der Waals surface area (Å²) >= 11 is 0. The molecule has 0 unspecified atom stereocenters. The van der Waals surface area contributed by atoms with E-state index in [1.807, 2.05) is 6.20 Å². The molecule has 0 aliphatic heterocycles. The number of aryl methyl sites for hydroxylation is 2. The van der Waals surface area contributed by atoms with E-state index in [2.05, 4.69) is 24.0 Å². The number of nitrogens with zero attached hydrogens (tertiary/aromatic N) is 1. The highest BCUT2D eigenvalue weighted by Crippen LogP contribution is 2.11. The van der Waals surface area contributed by atoms with Crippen LogP contribution in [0.3, 0.4) is 0 Å². The predicted octanol–water partition coefficient (Wildman–Crippen LogP) is 4.40. The van der Waals surface area contributed by atoms with E-state index in [0.29, 0.717) is 0 Å². The van der Waals surface area contributed by atoms with E-state index in [0.717, 1.165) is 0 Å². The summed E-state index contributed by atoms with van der Waals surface area (Å²) < 4.78 is 0.